The predicted octanol–water partition coefficient (Wildman–Crippen LogP) is 6.56. The Morgan fingerprint density at radius 2 is 1.72 bits per heavy atom. The van der Waals surface area contributed by atoms with Crippen molar-refractivity contribution in [3.05, 3.63) is 107 Å². The van der Waals surface area contributed by atoms with Crippen LogP contribution in [0.3, 0.4) is 0 Å². The normalized spacial score (nSPS) is 15.2. The van der Waals surface area contributed by atoms with E-state index in [1.54, 1.807) is 24.3 Å². The van der Waals surface area contributed by atoms with Gasteiger partial charge in [-0.15, -0.1) is 6.58 Å². The zero-order chi connectivity index (χ0) is 25.5. The van der Waals surface area contributed by atoms with Crippen LogP contribution in [0.2, 0.25) is 0 Å². The summed E-state index contributed by atoms with van der Waals surface area (Å²) in [5, 5.41) is 3.14. The number of carbonyl (C=O) groups is 1. The molecule has 1 N–H and O–H groups in total. The van der Waals surface area contributed by atoms with Gasteiger partial charge in [0.2, 0.25) is 0 Å². The molecule has 1 aliphatic rings. The third-order valence-corrected chi connectivity index (χ3v) is 6.03. The van der Waals surface area contributed by atoms with Gasteiger partial charge in [-0.05, 0) is 90.8 Å². The number of carbonyl (C=O) groups excluding carboxylic acids is 1. The van der Waals surface area contributed by atoms with Crippen molar-refractivity contribution < 1.29 is 23.0 Å². The molecular formula is C28H24F2N2O3S. The molecular weight excluding hydrogens is 482 g/mol. The van der Waals surface area contributed by atoms with Crippen LogP contribution in [0.25, 0.3) is 6.08 Å². The summed E-state index contributed by atoms with van der Waals surface area (Å²) in [4.78, 5) is 17.4. The molecule has 0 bridgehead atoms. The Kier molecular flexibility index (Phi) is 8.17. The molecule has 8 heteroatoms. The zero-order valence-electron chi connectivity index (χ0n) is 19.6. The van der Waals surface area contributed by atoms with Crippen LogP contribution in [0.1, 0.15) is 23.6 Å². The first-order valence-electron chi connectivity index (χ1n) is 11.3. The number of nitrogens with one attached hydrogen (secondary N) is 1. The van der Waals surface area contributed by atoms with Gasteiger partial charge in [-0.1, -0.05) is 18.2 Å². The molecule has 0 aromatic heterocycles. The molecule has 0 atom stereocenters. The minimum atomic E-state index is -0.354. The van der Waals surface area contributed by atoms with Gasteiger partial charge >= 0.3 is 0 Å². The predicted molar refractivity (Wildman–Crippen MR) is 139 cm³/mol. The van der Waals surface area contributed by atoms with Gasteiger partial charge in [0.05, 0.1) is 17.2 Å². The average molecular weight is 507 g/mol. The Labute approximate surface area is 212 Å². The number of amidine groups is 1. The van der Waals surface area contributed by atoms with Gasteiger partial charge in [0.25, 0.3) is 5.91 Å². The summed E-state index contributed by atoms with van der Waals surface area (Å²) in [5.41, 5.74) is 2.95. The molecule has 4 rings (SSSR count). The van der Waals surface area contributed by atoms with Gasteiger partial charge in [-0.3, -0.25) is 4.79 Å². The first-order valence-corrected chi connectivity index (χ1v) is 12.1. The number of aliphatic imine (C=N–C) groups is 1. The number of thioether (sulfide) groups is 1. The summed E-state index contributed by atoms with van der Waals surface area (Å²) in [6.45, 7) is 6.38. The highest BCUT2D eigenvalue weighted by atomic mass is 32.2. The van der Waals surface area contributed by atoms with E-state index in [4.69, 9.17) is 9.47 Å². The highest BCUT2D eigenvalue weighted by molar-refractivity contribution is 8.18. The number of nitrogens with zero attached hydrogens (tertiary/aromatic N) is 1. The lowest BCUT2D eigenvalue weighted by atomic mass is 10.0. The van der Waals surface area contributed by atoms with Crippen molar-refractivity contribution in [2.24, 2.45) is 4.99 Å². The number of hydrogen-bond acceptors (Lipinski definition) is 5. The lowest BCUT2D eigenvalue weighted by Gasteiger charge is -2.17. The number of rotatable bonds is 9. The van der Waals surface area contributed by atoms with Crippen molar-refractivity contribution in [1.82, 2.24) is 5.32 Å². The topological polar surface area (TPSA) is 59.9 Å². The fourth-order valence-electron chi connectivity index (χ4n) is 3.50. The van der Waals surface area contributed by atoms with E-state index in [1.807, 2.05) is 19.1 Å². The van der Waals surface area contributed by atoms with E-state index >= 15 is 0 Å². The molecule has 1 aliphatic heterocycles. The lowest BCUT2D eigenvalue weighted by Crippen LogP contribution is -2.19. The largest absolute Gasteiger partial charge is 0.490 e. The van der Waals surface area contributed by atoms with Crippen molar-refractivity contribution in [2.45, 2.75) is 20.0 Å². The Bertz CT molecular complexity index is 1320. The van der Waals surface area contributed by atoms with Gasteiger partial charge in [0, 0.05) is 5.56 Å². The summed E-state index contributed by atoms with van der Waals surface area (Å²) in [6, 6.07) is 15.5. The van der Waals surface area contributed by atoms with E-state index in [-0.39, 0.29) is 24.1 Å². The first-order chi connectivity index (χ1) is 17.4. The zero-order valence-corrected chi connectivity index (χ0v) is 20.4. The summed E-state index contributed by atoms with van der Waals surface area (Å²) in [6.07, 6.45) is 4.04. The number of halogens is 2. The molecule has 3 aromatic carbocycles. The number of amides is 1. The van der Waals surface area contributed by atoms with Crippen LogP contribution in [-0.2, 0) is 17.8 Å². The maximum absolute atomic E-state index is 13.2. The van der Waals surface area contributed by atoms with E-state index < -0.39 is 0 Å². The highest BCUT2D eigenvalue weighted by Gasteiger charge is 2.24. The summed E-state index contributed by atoms with van der Waals surface area (Å²) < 4.78 is 38.3. The maximum atomic E-state index is 13.2. The Morgan fingerprint density at radius 1 is 1.03 bits per heavy atom. The summed E-state index contributed by atoms with van der Waals surface area (Å²) in [7, 11) is 0. The van der Waals surface area contributed by atoms with Crippen LogP contribution in [0.4, 0.5) is 14.5 Å². The molecule has 5 nitrogen and oxygen atoms in total. The number of benzene rings is 3. The molecule has 0 radical (unpaired) electrons. The van der Waals surface area contributed by atoms with Crippen molar-refractivity contribution in [3.63, 3.8) is 0 Å². The quantitative estimate of drug-likeness (QED) is 0.264. The third kappa shape index (κ3) is 6.40. The van der Waals surface area contributed by atoms with Gasteiger partial charge in [-0.2, -0.15) is 0 Å². The molecule has 0 aliphatic carbocycles. The fourth-order valence-corrected chi connectivity index (χ4v) is 4.34. The van der Waals surface area contributed by atoms with Gasteiger partial charge < -0.3 is 14.8 Å². The second-order valence-corrected chi connectivity index (χ2v) is 8.84. The molecule has 0 saturated carbocycles. The van der Waals surface area contributed by atoms with Crippen molar-refractivity contribution in [1.29, 1.82) is 0 Å². The summed E-state index contributed by atoms with van der Waals surface area (Å²) in [5.74, 6) is 0.173. The molecule has 36 heavy (non-hydrogen) atoms. The van der Waals surface area contributed by atoms with Gasteiger partial charge in [-0.25, -0.2) is 13.8 Å². The number of ether oxygens (including phenoxy) is 2. The average Bonchev–Trinajstić information content (AvgIpc) is 3.19. The molecule has 0 spiro atoms. The molecule has 1 fully saturated rings. The molecule has 184 valence electrons. The monoisotopic (exact) mass is 506 g/mol. The van der Waals surface area contributed by atoms with E-state index in [1.165, 1.54) is 48.2 Å². The van der Waals surface area contributed by atoms with Crippen LogP contribution in [-0.4, -0.2) is 17.7 Å². The van der Waals surface area contributed by atoms with E-state index in [9.17, 15) is 13.6 Å². The lowest BCUT2D eigenvalue weighted by molar-refractivity contribution is -0.115. The van der Waals surface area contributed by atoms with Gasteiger partial charge in [0.15, 0.2) is 16.7 Å². The molecule has 3 aromatic rings. The minimum absolute atomic E-state index is 0.242. The standard InChI is InChI=1S/C28H24F2N2O3S/c1-3-5-20-14-19(15-24(34-4-2)26(20)35-17-18-6-8-21(29)9-7-18)16-25-27(33)32-28(36-25)31-23-12-10-22(30)11-13-23/h3,6-16H,1,4-5,17H2,2H3,(H,31,32,33)/b25-16+. The van der Waals surface area contributed by atoms with E-state index in [0.717, 1.165) is 16.7 Å². The number of hydrogen-bond donors (Lipinski definition) is 1. The molecule has 0 unspecified atom stereocenters. The molecule has 1 heterocycles. The van der Waals surface area contributed by atoms with E-state index in [0.29, 0.717) is 40.3 Å². The number of allylic oxidation sites excluding steroid dienone is 1. The van der Waals surface area contributed by atoms with Crippen LogP contribution in [0.15, 0.2) is 83.2 Å². The smallest absolute Gasteiger partial charge is 0.264 e. The minimum Gasteiger partial charge on any atom is -0.490 e. The SMILES string of the molecule is C=CCc1cc(/C=C2/SC(=Nc3ccc(F)cc3)NC2=O)cc(OCC)c1OCc1ccc(F)cc1. The van der Waals surface area contributed by atoms with Crippen LogP contribution < -0.4 is 14.8 Å². The van der Waals surface area contributed by atoms with Crippen molar-refractivity contribution in [2.75, 3.05) is 6.61 Å². The first kappa shape index (κ1) is 25.2. The molecule has 1 amide bonds. The van der Waals surface area contributed by atoms with Crippen molar-refractivity contribution >= 4 is 34.6 Å². The van der Waals surface area contributed by atoms with Crippen LogP contribution in [0, 0.1) is 11.6 Å². The fraction of sp³-hybridized carbons (Fsp3) is 0.143. The molecule has 1 saturated heterocycles. The Balaban J connectivity index is 1.61. The van der Waals surface area contributed by atoms with Crippen LogP contribution >= 0.6 is 11.8 Å². The van der Waals surface area contributed by atoms with E-state index in [2.05, 4.69) is 16.9 Å². The highest BCUT2D eigenvalue weighted by Crippen LogP contribution is 2.37. The third-order valence-electron chi connectivity index (χ3n) is 5.12. The second-order valence-electron chi connectivity index (χ2n) is 7.81. The Hall–Kier alpha value is -3.91. The summed E-state index contributed by atoms with van der Waals surface area (Å²) >= 11 is 1.20. The second kappa shape index (κ2) is 11.7. The van der Waals surface area contributed by atoms with Crippen molar-refractivity contribution in [3.8, 4) is 11.5 Å². The maximum Gasteiger partial charge on any atom is 0.264 e. The van der Waals surface area contributed by atoms with Gasteiger partial charge in [0.1, 0.15) is 18.2 Å². The Morgan fingerprint density at radius 3 is 2.39 bits per heavy atom. The van der Waals surface area contributed by atoms with Crippen LogP contribution in [0.5, 0.6) is 11.5 Å².